The second kappa shape index (κ2) is 3.70. The first-order chi connectivity index (χ1) is 8.50. The summed E-state index contributed by atoms with van der Waals surface area (Å²) in [6, 6.07) is 0. The molecule has 1 N–H and O–H groups in total. The number of methoxy groups -OCH3 is 1. The van der Waals surface area contributed by atoms with Crippen molar-refractivity contribution in [2.75, 3.05) is 26.9 Å². The molecular weight excluding hydrogens is 230 g/mol. The number of hydrogen-bond acceptors (Lipinski definition) is 3. The van der Waals surface area contributed by atoms with Gasteiger partial charge in [-0.1, -0.05) is 13.8 Å². The van der Waals surface area contributed by atoms with Crippen molar-refractivity contribution in [3.63, 3.8) is 0 Å². The van der Waals surface area contributed by atoms with Gasteiger partial charge in [0.1, 0.15) is 0 Å². The molecule has 0 aromatic rings. The summed E-state index contributed by atoms with van der Waals surface area (Å²) in [5, 5.41) is 2.98. The van der Waals surface area contributed by atoms with Gasteiger partial charge in [-0.2, -0.15) is 0 Å². The van der Waals surface area contributed by atoms with E-state index in [2.05, 4.69) is 19.2 Å². The maximum absolute atomic E-state index is 12.5. The first kappa shape index (κ1) is 12.4. The lowest BCUT2D eigenvalue weighted by atomic mass is 9.66. The molecule has 0 spiro atoms. The standard InChI is InChI=1S/C14H23NO3/c1-12-9-18-14(11(16)15-6-7-17-3)8-10(12)4-5-13(12,14)2/h10H,4-9H2,1-3H3,(H,15,16)/t10-,12-,13+,14-/m1/s1. The highest BCUT2D eigenvalue weighted by Crippen LogP contribution is 2.74. The monoisotopic (exact) mass is 253 g/mol. The summed E-state index contributed by atoms with van der Waals surface area (Å²) < 4.78 is 11.0. The van der Waals surface area contributed by atoms with E-state index in [0.29, 0.717) is 19.1 Å². The lowest BCUT2D eigenvalue weighted by Crippen LogP contribution is -2.55. The zero-order chi connectivity index (χ0) is 13.0. The van der Waals surface area contributed by atoms with E-state index in [1.807, 2.05) is 0 Å². The first-order valence-electron chi connectivity index (χ1n) is 6.91. The van der Waals surface area contributed by atoms with Crippen molar-refractivity contribution in [1.82, 2.24) is 5.32 Å². The van der Waals surface area contributed by atoms with E-state index in [4.69, 9.17) is 9.47 Å². The molecule has 3 fully saturated rings. The summed E-state index contributed by atoms with van der Waals surface area (Å²) in [6.07, 6.45) is 3.27. The molecule has 1 amide bonds. The Morgan fingerprint density at radius 2 is 2.28 bits per heavy atom. The van der Waals surface area contributed by atoms with Gasteiger partial charge in [0.05, 0.1) is 13.2 Å². The van der Waals surface area contributed by atoms with Gasteiger partial charge >= 0.3 is 0 Å². The van der Waals surface area contributed by atoms with Crippen molar-refractivity contribution in [2.24, 2.45) is 16.7 Å². The summed E-state index contributed by atoms with van der Waals surface area (Å²) in [4.78, 5) is 12.5. The number of amides is 1. The van der Waals surface area contributed by atoms with Crippen LogP contribution in [0.5, 0.6) is 0 Å². The Labute approximate surface area is 108 Å². The SMILES string of the molecule is COCCNC(=O)[C@]12C[C@H]3CC[C@@]1(C)[C@]3(C)CO2. The van der Waals surface area contributed by atoms with Crippen LogP contribution in [0.4, 0.5) is 0 Å². The lowest BCUT2D eigenvalue weighted by molar-refractivity contribution is -0.155. The Bertz CT molecular complexity index is 385. The second-order valence-corrected chi connectivity index (χ2v) is 6.55. The molecule has 1 saturated heterocycles. The van der Waals surface area contributed by atoms with Crippen LogP contribution < -0.4 is 5.32 Å². The Morgan fingerprint density at radius 3 is 2.89 bits per heavy atom. The molecule has 4 bridgehead atoms. The van der Waals surface area contributed by atoms with Crippen molar-refractivity contribution in [2.45, 2.75) is 38.7 Å². The molecule has 1 heterocycles. The van der Waals surface area contributed by atoms with Gasteiger partial charge in [-0.05, 0) is 25.2 Å². The van der Waals surface area contributed by atoms with Crippen LogP contribution in [0.15, 0.2) is 0 Å². The van der Waals surface area contributed by atoms with E-state index in [1.54, 1.807) is 7.11 Å². The fourth-order valence-corrected chi connectivity index (χ4v) is 4.67. The molecule has 102 valence electrons. The molecule has 0 aromatic carbocycles. The Balaban J connectivity index is 1.82. The Hall–Kier alpha value is -0.610. The summed E-state index contributed by atoms with van der Waals surface area (Å²) >= 11 is 0. The molecule has 4 heteroatoms. The molecule has 3 aliphatic rings. The fraction of sp³-hybridized carbons (Fsp3) is 0.929. The maximum atomic E-state index is 12.5. The summed E-state index contributed by atoms with van der Waals surface area (Å²) in [6.45, 7) is 6.42. The van der Waals surface area contributed by atoms with Crippen molar-refractivity contribution >= 4 is 5.91 Å². The molecule has 4 nitrogen and oxygen atoms in total. The van der Waals surface area contributed by atoms with Crippen molar-refractivity contribution in [3.8, 4) is 0 Å². The van der Waals surface area contributed by atoms with Crippen LogP contribution in [0.3, 0.4) is 0 Å². The quantitative estimate of drug-likeness (QED) is 0.769. The van der Waals surface area contributed by atoms with Crippen LogP contribution in [0.25, 0.3) is 0 Å². The minimum atomic E-state index is -0.571. The molecule has 18 heavy (non-hydrogen) atoms. The largest absolute Gasteiger partial charge is 0.383 e. The van der Waals surface area contributed by atoms with Crippen LogP contribution in [-0.4, -0.2) is 38.4 Å². The molecule has 2 saturated carbocycles. The van der Waals surface area contributed by atoms with Crippen molar-refractivity contribution in [3.05, 3.63) is 0 Å². The van der Waals surface area contributed by atoms with E-state index in [-0.39, 0.29) is 16.7 Å². The normalized spacial score (nSPS) is 48.7. The average Bonchev–Trinajstić information content (AvgIpc) is 2.82. The van der Waals surface area contributed by atoms with Gasteiger partial charge in [0.25, 0.3) is 5.91 Å². The third-order valence-corrected chi connectivity index (χ3v) is 6.16. The number of carbonyl (C=O) groups is 1. The highest BCUT2D eigenvalue weighted by Gasteiger charge is 2.78. The van der Waals surface area contributed by atoms with E-state index in [0.717, 1.165) is 19.4 Å². The number of hydrogen-bond donors (Lipinski definition) is 1. The molecule has 2 aliphatic carbocycles. The van der Waals surface area contributed by atoms with Gasteiger partial charge in [0, 0.05) is 24.5 Å². The topological polar surface area (TPSA) is 47.6 Å². The van der Waals surface area contributed by atoms with E-state index < -0.39 is 5.60 Å². The zero-order valence-corrected chi connectivity index (χ0v) is 11.5. The van der Waals surface area contributed by atoms with Gasteiger partial charge in [-0.3, -0.25) is 4.79 Å². The second-order valence-electron chi connectivity index (χ2n) is 6.55. The number of carbonyl (C=O) groups excluding carboxylic acids is 1. The highest BCUT2D eigenvalue weighted by molar-refractivity contribution is 5.88. The summed E-state index contributed by atoms with van der Waals surface area (Å²) in [5.74, 6) is 0.734. The van der Waals surface area contributed by atoms with E-state index in [9.17, 15) is 4.79 Å². The van der Waals surface area contributed by atoms with Gasteiger partial charge in [-0.25, -0.2) is 0 Å². The van der Waals surface area contributed by atoms with Crippen LogP contribution >= 0.6 is 0 Å². The van der Waals surface area contributed by atoms with Crippen molar-refractivity contribution in [1.29, 1.82) is 0 Å². The van der Waals surface area contributed by atoms with Gasteiger partial charge < -0.3 is 14.8 Å². The highest BCUT2D eigenvalue weighted by atomic mass is 16.5. The van der Waals surface area contributed by atoms with Crippen LogP contribution in [0, 0.1) is 16.7 Å². The van der Waals surface area contributed by atoms with E-state index in [1.165, 1.54) is 6.42 Å². The van der Waals surface area contributed by atoms with Crippen LogP contribution in [0.2, 0.25) is 0 Å². The molecule has 3 rings (SSSR count). The smallest absolute Gasteiger partial charge is 0.252 e. The van der Waals surface area contributed by atoms with Crippen LogP contribution in [-0.2, 0) is 14.3 Å². The Kier molecular flexibility index (Phi) is 2.55. The maximum Gasteiger partial charge on any atom is 0.252 e. The van der Waals surface area contributed by atoms with Crippen molar-refractivity contribution < 1.29 is 14.3 Å². The fourth-order valence-electron chi connectivity index (χ4n) is 4.67. The number of nitrogens with one attached hydrogen (secondary N) is 1. The molecular formula is C14H23NO3. The van der Waals surface area contributed by atoms with Crippen LogP contribution in [0.1, 0.15) is 33.1 Å². The molecule has 0 aromatic heterocycles. The zero-order valence-electron chi connectivity index (χ0n) is 11.5. The molecule has 4 atom stereocenters. The summed E-state index contributed by atoms with van der Waals surface area (Å²) in [7, 11) is 1.65. The molecule has 1 aliphatic heterocycles. The number of rotatable bonds is 4. The third-order valence-electron chi connectivity index (χ3n) is 6.16. The average molecular weight is 253 g/mol. The minimum absolute atomic E-state index is 0.0157. The number of ether oxygens (including phenoxy) is 2. The predicted octanol–water partition coefficient (Wildman–Crippen LogP) is 1.34. The van der Waals surface area contributed by atoms with Gasteiger partial charge in [0.15, 0.2) is 5.60 Å². The predicted molar refractivity (Wildman–Crippen MR) is 67.1 cm³/mol. The molecule has 0 unspecified atom stereocenters. The molecule has 0 radical (unpaired) electrons. The first-order valence-corrected chi connectivity index (χ1v) is 6.91. The lowest BCUT2D eigenvalue weighted by Gasteiger charge is -2.39. The van der Waals surface area contributed by atoms with Gasteiger partial charge in [-0.15, -0.1) is 0 Å². The van der Waals surface area contributed by atoms with E-state index >= 15 is 0 Å². The minimum Gasteiger partial charge on any atom is -0.383 e. The summed E-state index contributed by atoms with van der Waals surface area (Å²) in [5.41, 5.74) is -0.355. The Morgan fingerprint density at radius 1 is 1.50 bits per heavy atom. The van der Waals surface area contributed by atoms with Gasteiger partial charge in [0.2, 0.25) is 0 Å². The third kappa shape index (κ3) is 1.16.